The van der Waals surface area contributed by atoms with Gasteiger partial charge in [-0.3, -0.25) is 9.48 Å². The topological polar surface area (TPSA) is 88.4 Å². The van der Waals surface area contributed by atoms with Gasteiger partial charge < -0.3 is 19.9 Å². The number of hydrogen-bond acceptors (Lipinski definition) is 8. The summed E-state index contributed by atoms with van der Waals surface area (Å²) in [6, 6.07) is 15.7. The summed E-state index contributed by atoms with van der Waals surface area (Å²) in [5.74, 6) is 1.49. The number of fused-ring (bicyclic) bond motifs is 1. The van der Waals surface area contributed by atoms with Crippen molar-refractivity contribution in [2.24, 2.45) is 0 Å². The fourth-order valence-corrected chi connectivity index (χ4v) is 4.29. The molecular weight excluding hydrogens is 466 g/mol. The first-order valence-electron chi connectivity index (χ1n) is 12.7. The van der Waals surface area contributed by atoms with Gasteiger partial charge in [0.1, 0.15) is 5.82 Å². The number of rotatable bonds is 9. The number of morpholine rings is 1. The van der Waals surface area contributed by atoms with Gasteiger partial charge in [-0.2, -0.15) is 10.1 Å². The highest BCUT2D eigenvalue weighted by atomic mass is 16.5. The summed E-state index contributed by atoms with van der Waals surface area (Å²) in [6.45, 7) is 6.42. The molecular formula is C28H33N7O2. The fourth-order valence-electron chi connectivity index (χ4n) is 4.29. The first-order valence-corrected chi connectivity index (χ1v) is 12.7. The third kappa shape index (κ3) is 5.95. The molecule has 4 aromatic rings. The number of carbonyl (C=O) groups is 1. The third-order valence-corrected chi connectivity index (χ3v) is 6.44. The van der Waals surface area contributed by atoms with E-state index in [1.807, 2.05) is 41.9 Å². The Bertz CT molecular complexity index is 1380. The third-order valence-electron chi connectivity index (χ3n) is 6.44. The van der Waals surface area contributed by atoms with Crippen molar-refractivity contribution in [3.8, 4) is 11.3 Å². The van der Waals surface area contributed by atoms with Crippen molar-refractivity contribution in [2.45, 2.75) is 19.9 Å². The van der Waals surface area contributed by atoms with Crippen molar-refractivity contribution in [3.05, 3.63) is 60.3 Å². The van der Waals surface area contributed by atoms with E-state index in [9.17, 15) is 4.79 Å². The number of hydrogen-bond donors (Lipinski definition) is 1. The number of nitrogens with one attached hydrogen (secondary N) is 1. The Morgan fingerprint density at radius 3 is 2.57 bits per heavy atom. The van der Waals surface area contributed by atoms with Crippen molar-refractivity contribution < 1.29 is 9.53 Å². The van der Waals surface area contributed by atoms with Crippen LogP contribution in [0.1, 0.15) is 23.7 Å². The Balaban J connectivity index is 1.47. The Kier molecular flexibility index (Phi) is 7.43. The number of Topliss-reactive ketones (excluding diaryl/α,β-unsaturated/α-hetero) is 1. The van der Waals surface area contributed by atoms with Crippen LogP contribution in [0.5, 0.6) is 0 Å². The summed E-state index contributed by atoms with van der Waals surface area (Å²) in [7, 11) is 4.13. The van der Waals surface area contributed by atoms with E-state index in [-0.39, 0.29) is 5.78 Å². The minimum absolute atomic E-state index is 0.130. The number of anilines is 3. The summed E-state index contributed by atoms with van der Waals surface area (Å²) in [6.07, 6.45) is 2.57. The second kappa shape index (κ2) is 11.1. The first kappa shape index (κ1) is 24.9. The van der Waals surface area contributed by atoms with Crippen LogP contribution in [-0.4, -0.2) is 77.4 Å². The van der Waals surface area contributed by atoms with Crippen molar-refractivity contribution in [3.63, 3.8) is 0 Å². The van der Waals surface area contributed by atoms with Gasteiger partial charge in [0.25, 0.3) is 0 Å². The minimum Gasteiger partial charge on any atom is -0.378 e. The van der Waals surface area contributed by atoms with E-state index in [1.165, 1.54) is 0 Å². The van der Waals surface area contributed by atoms with E-state index in [0.29, 0.717) is 37.0 Å². The predicted molar refractivity (Wildman–Crippen MR) is 147 cm³/mol. The van der Waals surface area contributed by atoms with Gasteiger partial charge in [-0.1, -0.05) is 19.1 Å². The van der Waals surface area contributed by atoms with Gasteiger partial charge in [0.15, 0.2) is 5.78 Å². The van der Waals surface area contributed by atoms with E-state index in [0.717, 1.165) is 54.0 Å². The van der Waals surface area contributed by atoms with Gasteiger partial charge in [0.05, 0.1) is 31.0 Å². The van der Waals surface area contributed by atoms with Crippen LogP contribution in [0.4, 0.5) is 17.5 Å². The van der Waals surface area contributed by atoms with Gasteiger partial charge in [-0.05, 0) is 44.4 Å². The Hall–Kier alpha value is -3.82. The largest absolute Gasteiger partial charge is 0.378 e. The molecule has 5 rings (SSSR count). The number of ether oxygens (including phenoxy) is 1. The van der Waals surface area contributed by atoms with Crippen LogP contribution in [0, 0.1) is 0 Å². The molecule has 0 bridgehead atoms. The highest BCUT2D eigenvalue weighted by molar-refractivity contribution is 5.96. The predicted octanol–water partition coefficient (Wildman–Crippen LogP) is 4.23. The molecule has 9 nitrogen and oxygen atoms in total. The van der Waals surface area contributed by atoms with Crippen LogP contribution in [0.15, 0.2) is 54.7 Å². The van der Waals surface area contributed by atoms with Crippen LogP contribution in [0.25, 0.3) is 22.2 Å². The molecule has 0 radical (unpaired) electrons. The lowest BCUT2D eigenvalue weighted by Crippen LogP contribution is -2.37. The van der Waals surface area contributed by atoms with E-state index in [2.05, 4.69) is 53.6 Å². The lowest BCUT2D eigenvalue weighted by Gasteiger charge is -2.27. The van der Waals surface area contributed by atoms with Crippen molar-refractivity contribution in [2.75, 3.05) is 57.2 Å². The van der Waals surface area contributed by atoms with Crippen molar-refractivity contribution in [1.82, 2.24) is 24.6 Å². The second-order valence-electron chi connectivity index (χ2n) is 9.49. The van der Waals surface area contributed by atoms with Crippen molar-refractivity contribution in [1.29, 1.82) is 0 Å². The molecule has 0 amide bonds. The number of ketones is 1. The molecule has 0 aliphatic carbocycles. The maximum atomic E-state index is 12.0. The van der Waals surface area contributed by atoms with Crippen LogP contribution in [-0.2, 0) is 11.3 Å². The first-order chi connectivity index (χ1) is 18.0. The molecule has 1 aliphatic heterocycles. The lowest BCUT2D eigenvalue weighted by atomic mass is 10.1. The molecule has 1 saturated heterocycles. The number of nitrogens with zero attached hydrogens (tertiary/aromatic N) is 6. The molecule has 0 spiro atoms. The highest BCUT2D eigenvalue weighted by Gasteiger charge is 2.17. The number of aromatic nitrogens is 4. The van der Waals surface area contributed by atoms with Gasteiger partial charge in [-0.15, -0.1) is 0 Å². The molecule has 0 unspecified atom stereocenters. The van der Waals surface area contributed by atoms with Crippen molar-refractivity contribution >= 4 is 34.1 Å². The van der Waals surface area contributed by atoms with Crippen LogP contribution < -0.4 is 10.2 Å². The van der Waals surface area contributed by atoms with Crippen LogP contribution >= 0.6 is 0 Å². The number of carbonyl (C=O) groups excluding carboxylic acids is 1. The molecule has 3 heterocycles. The molecule has 0 saturated carbocycles. The molecule has 37 heavy (non-hydrogen) atoms. The molecule has 0 atom stereocenters. The standard InChI is InChI=1S/C28H33N7O2/c1-4-26(36)20-7-9-23(10-8-20)29-27-18-24(30-28(31-27)34-13-15-37-16-14-34)21-5-6-22-19-35(12-11-33(2)3)32-25(22)17-21/h5-10,17-19H,4,11-16H2,1-3H3,(H,29,30,31). The summed E-state index contributed by atoms with van der Waals surface area (Å²) in [5.41, 5.74) is 4.31. The molecule has 9 heteroatoms. The summed E-state index contributed by atoms with van der Waals surface area (Å²) >= 11 is 0. The zero-order chi connectivity index (χ0) is 25.8. The van der Waals surface area contributed by atoms with Gasteiger partial charge in [0, 0.05) is 60.5 Å². The Labute approximate surface area is 217 Å². The fraction of sp³-hybridized carbons (Fsp3) is 0.357. The summed E-state index contributed by atoms with van der Waals surface area (Å²) in [4.78, 5) is 26.0. The number of benzene rings is 2. The molecule has 1 N–H and O–H groups in total. The molecule has 2 aromatic carbocycles. The highest BCUT2D eigenvalue weighted by Crippen LogP contribution is 2.28. The monoisotopic (exact) mass is 499 g/mol. The normalized spacial score (nSPS) is 13.9. The van der Waals surface area contributed by atoms with Gasteiger partial charge in [0.2, 0.25) is 5.95 Å². The smallest absolute Gasteiger partial charge is 0.228 e. The average Bonchev–Trinajstić information content (AvgIpc) is 3.34. The van der Waals surface area contributed by atoms with E-state index in [1.54, 1.807) is 0 Å². The van der Waals surface area contributed by atoms with E-state index < -0.39 is 0 Å². The summed E-state index contributed by atoms with van der Waals surface area (Å²) < 4.78 is 7.53. The summed E-state index contributed by atoms with van der Waals surface area (Å²) in [5, 5.41) is 9.28. The second-order valence-corrected chi connectivity index (χ2v) is 9.49. The molecule has 1 aliphatic rings. The zero-order valence-electron chi connectivity index (χ0n) is 21.6. The maximum absolute atomic E-state index is 12.0. The van der Waals surface area contributed by atoms with Gasteiger partial charge in [-0.25, -0.2) is 4.98 Å². The van der Waals surface area contributed by atoms with Gasteiger partial charge >= 0.3 is 0 Å². The van der Waals surface area contributed by atoms with Crippen LogP contribution in [0.3, 0.4) is 0 Å². The lowest BCUT2D eigenvalue weighted by molar-refractivity contribution is 0.0988. The molecule has 192 valence electrons. The Morgan fingerprint density at radius 2 is 1.84 bits per heavy atom. The number of likely N-dealkylation sites (N-methyl/N-ethyl adjacent to an activating group) is 1. The average molecular weight is 500 g/mol. The molecule has 2 aromatic heterocycles. The minimum atomic E-state index is 0.130. The van der Waals surface area contributed by atoms with Crippen LogP contribution in [0.2, 0.25) is 0 Å². The zero-order valence-corrected chi connectivity index (χ0v) is 21.6. The van der Waals surface area contributed by atoms with E-state index in [4.69, 9.17) is 19.8 Å². The SMILES string of the molecule is CCC(=O)c1ccc(Nc2cc(-c3ccc4cn(CCN(C)C)nc4c3)nc(N3CCOCC3)n2)cc1. The molecule has 1 fully saturated rings. The quantitative estimate of drug-likeness (QED) is 0.343. The van der Waals surface area contributed by atoms with E-state index >= 15 is 0 Å². The maximum Gasteiger partial charge on any atom is 0.228 e. The Morgan fingerprint density at radius 1 is 1.05 bits per heavy atom.